The largest absolute Gasteiger partial charge is 0.469 e. The Bertz CT molecular complexity index is 3990. The molecule has 15 aliphatic heterocycles. The summed E-state index contributed by atoms with van der Waals surface area (Å²) in [6, 6.07) is 0. The van der Waals surface area contributed by atoms with Crippen LogP contribution in [0.5, 0.6) is 0 Å². The van der Waals surface area contributed by atoms with Gasteiger partial charge in [0.25, 0.3) is 0 Å². The van der Waals surface area contributed by atoms with E-state index in [4.69, 9.17) is 80.5 Å². The van der Waals surface area contributed by atoms with Crippen LogP contribution in [0.15, 0.2) is 0 Å². The number of carbonyl (C=O) groups excluding carboxylic acids is 8. The van der Waals surface area contributed by atoms with Crippen LogP contribution in [0.1, 0.15) is 306 Å². The van der Waals surface area contributed by atoms with Gasteiger partial charge in [0, 0.05) is 65.1 Å². The van der Waals surface area contributed by atoms with Gasteiger partial charge in [-0.1, -0.05) is 117 Å². The Morgan fingerprint density at radius 3 is 1.21 bits per heavy atom. The second kappa shape index (κ2) is 43.5. The molecule has 12 bridgehead atoms. The summed E-state index contributed by atoms with van der Waals surface area (Å²) in [4.78, 5) is 99.7. The lowest BCUT2D eigenvalue weighted by Crippen LogP contribution is -2.49. The van der Waals surface area contributed by atoms with Gasteiger partial charge >= 0.3 is 47.8 Å². The molecule has 19 rings (SSSR count). The van der Waals surface area contributed by atoms with E-state index in [0.29, 0.717) is 102 Å². The smallest absolute Gasteiger partial charge is 0.315 e. The number of methoxy groups -OCH3 is 4. The fraction of sp³-hybridized carbons (Fsp3) is 0.926. The monoisotopic (exact) mass is 1900 g/mol. The number of hydrogen-bond acceptors (Lipinski definition) is 27. The third-order valence-corrected chi connectivity index (χ3v) is 37.7. The van der Waals surface area contributed by atoms with Gasteiger partial charge in [-0.3, -0.25) is 38.4 Å². The Morgan fingerprint density at radius 2 is 0.785 bits per heavy atom. The molecular weight excluding hydrogens is 1730 g/mol. The minimum atomic E-state index is -0.674. The van der Waals surface area contributed by atoms with E-state index in [1.54, 1.807) is 0 Å². The molecule has 1 N–H and O–H groups in total. The molecule has 0 aromatic carbocycles. The molecule has 0 spiro atoms. The average molecular weight is 1900 g/mol. The summed E-state index contributed by atoms with van der Waals surface area (Å²) in [7, 11) is 5.51. The highest BCUT2D eigenvalue weighted by molar-refractivity contribution is 5.85. The molecule has 4 aliphatic carbocycles. The van der Waals surface area contributed by atoms with E-state index in [0.717, 1.165) is 128 Å². The van der Waals surface area contributed by atoms with Crippen LogP contribution in [-0.4, -0.2) is 233 Å². The molecule has 4 saturated carbocycles. The van der Waals surface area contributed by atoms with Crippen molar-refractivity contribution in [1.29, 1.82) is 0 Å². The first-order chi connectivity index (χ1) is 64.4. The van der Waals surface area contributed by atoms with Crippen LogP contribution in [0.25, 0.3) is 0 Å². The minimum Gasteiger partial charge on any atom is -0.469 e. The van der Waals surface area contributed by atoms with Gasteiger partial charge in [0.1, 0.15) is 16.8 Å². The molecule has 19 fully saturated rings. The number of aliphatic hydroxyl groups excluding tert-OH is 1. The van der Waals surface area contributed by atoms with Gasteiger partial charge in [-0.05, 0) is 225 Å². The topological polar surface area (TPSA) is 323 Å². The van der Waals surface area contributed by atoms with Crippen LogP contribution in [0.2, 0.25) is 0 Å². The standard InChI is InChI=1S/C24H38O4.C19H32O4.C17H28O4.C16H24O6.C16H26O5.C16H26O4/c1-5-14-12-15(6-2)19-17-13-16(18(14)19)20(22(25)27-4)21(17)23(26)28-24(7-3)10-8-9-11-24;1-7-11-14-13-10-19(6,17(20)23-18(4,5)9-3)16(22-13)15(14)12(8-2)21-11;1-6-10-13-12-8-9(16(18)21-17(3,4)5)15(20-12)14(13)11(7-2)19-10;1-5-7-9-10(8(6-2)21-7)14-12(16(18)20-4)11(13(9)22-14)15(17)19-3;1-4-10-14-12-6-8(9(17)7-13(18)19-3)16(21-12)15(14)11(5-2)20-10;1-5-9-12-13(10(6-2)19-9)15-11(16(17)18-7-3)8(4)14(12)20-15/h14-21H,5-13H2,1-4H3;11-16H,7-10H2,1-6H3;9-15H,6-8H2,1-5H3;7-14H,5-6H2,1-4H3;8-12,14-17H,4-7H2,1-3H3;8-15H,5-7H2,1-4H3. The Labute approximate surface area is 806 Å². The van der Waals surface area contributed by atoms with Crippen molar-refractivity contribution in [2.45, 2.75) is 451 Å². The summed E-state index contributed by atoms with van der Waals surface area (Å²) in [5.74, 6) is 3.47. The zero-order valence-corrected chi connectivity index (χ0v) is 86.7. The van der Waals surface area contributed by atoms with Gasteiger partial charge in [0.15, 0.2) is 0 Å². The number of fused-ring (bicyclic) bond motifs is 30. The predicted molar refractivity (Wildman–Crippen MR) is 500 cm³/mol. The highest BCUT2D eigenvalue weighted by Gasteiger charge is 2.74. The van der Waals surface area contributed by atoms with Crippen molar-refractivity contribution in [3.8, 4) is 0 Å². The third-order valence-electron chi connectivity index (χ3n) is 37.7. The Balaban J connectivity index is 0.000000130. The number of esters is 8. The summed E-state index contributed by atoms with van der Waals surface area (Å²) in [6.07, 6.45) is 24.4. The van der Waals surface area contributed by atoms with Crippen molar-refractivity contribution >= 4 is 47.8 Å². The molecule has 135 heavy (non-hydrogen) atoms. The van der Waals surface area contributed by atoms with Gasteiger partial charge in [0.2, 0.25) is 0 Å². The summed E-state index contributed by atoms with van der Waals surface area (Å²) in [5.41, 5.74) is -1.66. The summed E-state index contributed by atoms with van der Waals surface area (Å²) in [5, 5.41) is 10.4. The van der Waals surface area contributed by atoms with Crippen molar-refractivity contribution in [2.75, 3.05) is 35.0 Å². The number of rotatable bonds is 27. The molecule has 46 atom stereocenters. The second-order valence-corrected chi connectivity index (χ2v) is 45.4. The molecule has 15 saturated heterocycles. The fourth-order valence-corrected chi connectivity index (χ4v) is 31.6. The van der Waals surface area contributed by atoms with Gasteiger partial charge in [0.05, 0.1) is 211 Å². The van der Waals surface area contributed by atoms with Crippen LogP contribution in [0.3, 0.4) is 0 Å². The molecule has 0 amide bonds. The van der Waals surface area contributed by atoms with Gasteiger partial charge in [-0.15, -0.1) is 0 Å². The van der Waals surface area contributed by atoms with Crippen LogP contribution in [0, 0.1) is 147 Å². The van der Waals surface area contributed by atoms with Crippen LogP contribution >= 0.6 is 0 Å². The molecule has 15 heterocycles. The molecule has 27 heteroatoms. The van der Waals surface area contributed by atoms with Crippen LogP contribution in [-0.2, 0) is 124 Å². The first-order valence-corrected chi connectivity index (χ1v) is 53.8. The maximum absolute atomic E-state index is 13.5. The summed E-state index contributed by atoms with van der Waals surface area (Å²) < 4.78 is 105. The normalized spacial score (nSPS) is 45.5. The highest BCUT2D eigenvalue weighted by atomic mass is 16.6. The maximum Gasteiger partial charge on any atom is 0.315 e. The van der Waals surface area contributed by atoms with Gasteiger partial charge in [-0.25, -0.2) is 0 Å². The SMILES string of the molecule is CCC1CC(CC)C2C3CC(C(C(=O)OC)C3C(=O)OC3(CC)CCCC3)C12.CCC1OC(CC)C2C1C1CC(C)(C(=O)OC(C)(C)CC)C2O1.CCC1OC(CC)C2C3OC(C(C(=O)OC)C3C(=O)OC)C12.CCC1OC(CC)C2C3OC(CC3C(=O)OC(C)(C)C)C12.CCC1OC(CC)C2C3OC(CC3C(O)CC(=O)OC)C12.CCOC(=O)C1C(C)C2OC1C1C(CC)OC(CC)C21. The predicted octanol–water partition coefficient (Wildman–Crippen LogP) is 16.7. The number of aliphatic hydroxyl groups is 1. The van der Waals surface area contributed by atoms with E-state index in [9.17, 15) is 43.5 Å². The molecular formula is C108H174O27. The van der Waals surface area contributed by atoms with E-state index in [1.165, 1.54) is 47.7 Å². The van der Waals surface area contributed by atoms with E-state index in [-0.39, 0.29) is 205 Å². The van der Waals surface area contributed by atoms with Crippen molar-refractivity contribution in [3.05, 3.63) is 0 Å². The third kappa shape index (κ3) is 19.3. The molecule has 27 nitrogen and oxygen atoms in total. The average Bonchev–Trinajstić information content (AvgIpc) is 1.65. The molecule has 46 unspecified atom stereocenters. The Morgan fingerprint density at radius 1 is 0.385 bits per heavy atom. The maximum atomic E-state index is 13.5. The van der Waals surface area contributed by atoms with Crippen molar-refractivity contribution in [3.63, 3.8) is 0 Å². The second-order valence-electron chi connectivity index (χ2n) is 45.4. The lowest BCUT2D eigenvalue weighted by molar-refractivity contribution is -0.176. The minimum absolute atomic E-state index is 0.000509. The summed E-state index contributed by atoms with van der Waals surface area (Å²) in [6.45, 7) is 46.4. The molecule has 0 radical (unpaired) electrons. The van der Waals surface area contributed by atoms with E-state index in [1.807, 2.05) is 55.4 Å². The van der Waals surface area contributed by atoms with Crippen molar-refractivity contribution in [2.24, 2.45) is 147 Å². The van der Waals surface area contributed by atoms with E-state index >= 15 is 0 Å². The zero-order valence-electron chi connectivity index (χ0n) is 86.7. The summed E-state index contributed by atoms with van der Waals surface area (Å²) >= 11 is 0. The van der Waals surface area contributed by atoms with E-state index in [2.05, 4.69) is 102 Å². The number of hydrogen-bond donors (Lipinski definition) is 1. The molecule has 0 aromatic rings. The number of carbonyl (C=O) groups is 8. The Hall–Kier alpha value is -4.68. The quantitative estimate of drug-likeness (QED) is 0.0590. The number of ether oxygens (including phenoxy) is 18. The van der Waals surface area contributed by atoms with Gasteiger partial charge < -0.3 is 90.4 Å². The fourth-order valence-electron chi connectivity index (χ4n) is 31.6. The van der Waals surface area contributed by atoms with Crippen molar-refractivity contribution in [1.82, 2.24) is 0 Å². The van der Waals surface area contributed by atoms with E-state index < -0.39 is 46.5 Å². The highest BCUT2D eigenvalue weighted by Crippen LogP contribution is 2.70. The van der Waals surface area contributed by atoms with Crippen LogP contribution in [0.4, 0.5) is 0 Å². The van der Waals surface area contributed by atoms with Gasteiger partial charge in [-0.2, -0.15) is 0 Å². The first kappa shape index (κ1) is 106. The Kier molecular flexibility index (Phi) is 34.2. The zero-order chi connectivity index (χ0) is 98.0. The first-order valence-electron chi connectivity index (χ1n) is 53.8. The molecule has 0 aromatic heterocycles. The molecule has 768 valence electrons. The molecule has 19 aliphatic rings. The van der Waals surface area contributed by atoms with Crippen molar-refractivity contribution < 1.29 is 129 Å². The lowest BCUT2D eigenvalue weighted by Gasteiger charge is -2.40. The van der Waals surface area contributed by atoms with Crippen LogP contribution < -0.4 is 0 Å². The lowest BCUT2D eigenvalue weighted by atomic mass is 9.64.